The fourth-order valence-corrected chi connectivity index (χ4v) is 5.49. The minimum atomic E-state index is -1.08. The quantitative estimate of drug-likeness (QED) is 0.434. The summed E-state index contributed by atoms with van der Waals surface area (Å²) in [5, 5.41) is 11.2. The van der Waals surface area contributed by atoms with Crippen molar-refractivity contribution in [3.63, 3.8) is 0 Å². The highest BCUT2D eigenvalue weighted by molar-refractivity contribution is 6.08. The van der Waals surface area contributed by atoms with E-state index in [-0.39, 0.29) is 24.2 Å². The van der Waals surface area contributed by atoms with Crippen LogP contribution < -0.4 is 4.74 Å². The number of aromatic hydroxyl groups is 1. The number of hydrogen-bond donors (Lipinski definition) is 2. The predicted molar refractivity (Wildman–Crippen MR) is 128 cm³/mol. The van der Waals surface area contributed by atoms with E-state index in [9.17, 15) is 14.7 Å². The second-order valence-electron chi connectivity index (χ2n) is 9.29. The van der Waals surface area contributed by atoms with E-state index in [1.807, 2.05) is 35.8 Å². The van der Waals surface area contributed by atoms with E-state index >= 15 is 0 Å². The second-order valence-corrected chi connectivity index (χ2v) is 9.29. The number of carbonyl (C=O) groups excluding carboxylic acids is 2. The van der Waals surface area contributed by atoms with Crippen LogP contribution in [0.1, 0.15) is 29.8 Å². The summed E-state index contributed by atoms with van der Waals surface area (Å²) < 4.78 is 7.29. The Kier molecular flexibility index (Phi) is 4.64. The molecule has 1 saturated heterocycles. The number of imidazole rings is 1. The first-order valence-electron chi connectivity index (χ1n) is 11.5. The van der Waals surface area contributed by atoms with Crippen molar-refractivity contribution >= 4 is 22.8 Å². The number of nitrogens with zero attached hydrogens (tertiary/aromatic N) is 4. The number of phenolic OH excluding ortho intramolecular Hbond substituents is 1. The number of nitrogens with one attached hydrogen (secondary N) is 1. The lowest BCUT2D eigenvalue weighted by Crippen LogP contribution is -2.53. The van der Waals surface area contributed by atoms with E-state index < -0.39 is 11.6 Å². The number of H-pyrrole nitrogens is 1. The SMILES string of the molecule is COc1ccc2[nH]c3c(c2c1)CC1(C)C(=O)N(CCn2ccnc2)C(=O)N1C3c1cccc(O)c1. The van der Waals surface area contributed by atoms with Crippen LogP contribution in [0.15, 0.2) is 61.2 Å². The normalized spacial score (nSPS) is 21.5. The Bertz CT molecular complexity index is 1460. The fourth-order valence-electron chi connectivity index (χ4n) is 5.49. The number of carbonyl (C=O) groups is 2. The van der Waals surface area contributed by atoms with Crippen molar-refractivity contribution < 1.29 is 19.4 Å². The van der Waals surface area contributed by atoms with Gasteiger partial charge in [-0.15, -0.1) is 0 Å². The average molecular weight is 472 g/mol. The van der Waals surface area contributed by atoms with Gasteiger partial charge in [0.2, 0.25) is 0 Å². The summed E-state index contributed by atoms with van der Waals surface area (Å²) >= 11 is 0. The number of aromatic amines is 1. The number of amides is 3. The zero-order valence-electron chi connectivity index (χ0n) is 19.4. The third-order valence-electron chi connectivity index (χ3n) is 7.20. The number of rotatable bonds is 5. The zero-order valence-corrected chi connectivity index (χ0v) is 19.4. The molecule has 9 nitrogen and oxygen atoms in total. The van der Waals surface area contributed by atoms with Crippen LogP contribution in [0.4, 0.5) is 4.79 Å². The number of urea groups is 1. The summed E-state index contributed by atoms with van der Waals surface area (Å²) in [6.45, 7) is 2.54. The van der Waals surface area contributed by atoms with E-state index in [0.29, 0.717) is 13.0 Å². The van der Waals surface area contributed by atoms with E-state index in [1.54, 1.807) is 48.9 Å². The van der Waals surface area contributed by atoms with Crippen LogP contribution in [-0.2, 0) is 17.8 Å². The van der Waals surface area contributed by atoms with Gasteiger partial charge < -0.3 is 19.4 Å². The standard InChI is InChI=1S/C26H25N5O4/c1-26-14-20-19-13-18(35-2)6-7-21(19)28-22(20)23(16-4-3-5-17(32)12-16)31(26)25(34)30(24(26)33)11-10-29-9-8-27-15-29/h3-9,12-13,15,23,28,32H,10-11,14H2,1-2H3. The first-order valence-corrected chi connectivity index (χ1v) is 11.5. The molecule has 2 aromatic carbocycles. The summed E-state index contributed by atoms with van der Waals surface area (Å²) in [7, 11) is 1.62. The summed E-state index contributed by atoms with van der Waals surface area (Å²) in [4.78, 5) is 38.2. The van der Waals surface area contributed by atoms with Crippen molar-refractivity contribution in [2.24, 2.45) is 0 Å². The molecule has 4 heterocycles. The Morgan fingerprint density at radius 2 is 2.06 bits per heavy atom. The molecule has 35 heavy (non-hydrogen) atoms. The summed E-state index contributed by atoms with van der Waals surface area (Å²) in [5.41, 5.74) is 2.38. The predicted octanol–water partition coefficient (Wildman–Crippen LogP) is 3.45. The van der Waals surface area contributed by atoms with Gasteiger partial charge in [-0.3, -0.25) is 14.6 Å². The van der Waals surface area contributed by atoms with Gasteiger partial charge in [0.25, 0.3) is 5.91 Å². The zero-order chi connectivity index (χ0) is 24.3. The van der Waals surface area contributed by atoms with Crippen LogP contribution in [-0.4, -0.2) is 60.6 Å². The van der Waals surface area contributed by atoms with Crippen LogP contribution in [0.5, 0.6) is 11.5 Å². The van der Waals surface area contributed by atoms with Crippen molar-refractivity contribution in [2.75, 3.05) is 13.7 Å². The molecule has 0 spiro atoms. The smallest absolute Gasteiger partial charge is 0.328 e. The Morgan fingerprint density at radius 1 is 1.20 bits per heavy atom. The minimum absolute atomic E-state index is 0.101. The lowest BCUT2D eigenvalue weighted by molar-refractivity contribution is -0.133. The van der Waals surface area contributed by atoms with Gasteiger partial charge in [0.15, 0.2) is 0 Å². The molecule has 0 bridgehead atoms. The van der Waals surface area contributed by atoms with Gasteiger partial charge >= 0.3 is 6.03 Å². The molecule has 4 aromatic rings. The lowest BCUT2D eigenvalue weighted by atomic mass is 9.81. The van der Waals surface area contributed by atoms with Crippen molar-refractivity contribution in [3.05, 3.63) is 78.0 Å². The molecule has 3 amide bonds. The molecule has 178 valence electrons. The first-order chi connectivity index (χ1) is 16.9. The maximum atomic E-state index is 13.8. The number of imide groups is 1. The molecule has 0 aliphatic carbocycles. The van der Waals surface area contributed by atoms with E-state index in [0.717, 1.165) is 33.5 Å². The number of phenols is 1. The van der Waals surface area contributed by atoms with E-state index in [1.165, 1.54) is 4.90 Å². The van der Waals surface area contributed by atoms with Crippen molar-refractivity contribution in [1.82, 2.24) is 24.3 Å². The van der Waals surface area contributed by atoms with Gasteiger partial charge in [-0.1, -0.05) is 12.1 Å². The first kappa shape index (κ1) is 21.3. The molecule has 2 aliphatic rings. The van der Waals surface area contributed by atoms with Crippen LogP contribution in [0, 0.1) is 0 Å². The van der Waals surface area contributed by atoms with Crippen LogP contribution in [0.3, 0.4) is 0 Å². The lowest BCUT2D eigenvalue weighted by Gasteiger charge is -2.42. The summed E-state index contributed by atoms with van der Waals surface area (Å²) in [6.07, 6.45) is 5.51. The molecule has 1 fully saturated rings. The molecule has 0 saturated carbocycles. The van der Waals surface area contributed by atoms with Crippen molar-refractivity contribution in [2.45, 2.75) is 31.5 Å². The molecule has 2 atom stereocenters. The Hall–Kier alpha value is -4.27. The Morgan fingerprint density at radius 3 is 2.80 bits per heavy atom. The fraction of sp³-hybridized carbons (Fsp3) is 0.269. The van der Waals surface area contributed by atoms with Gasteiger partial charge in [-0.05, 0) is 48.4 Å². The molecule has 9 heteroatoms. The molecular weight excluding hydrogens is 446 g/mol. The van der Waals surface area contributed by atoms with E-state index in [2.05, 4.69) is 9.97 Å². The second kappa shape index (κ2) is 7.63. The number of aromatic nitrogens is 3. The van der Waals surface area contributed by atoms with Gasteiger partial charge in [-0.25, -0.2) is 9.78 Å². The van der Waals surface area contributed by atoms with Crippen LogP contribution in [0.25, 0.3) is 10.9 Å². The van der Waals surface area contributed by atoms with Crippen molar-refractivity contribution in [1.29, 1.82) is 0 Å². The Balaban J connectivity index is 1.50. The van der Waals surface area contributed by atoms with Gasteiger partial charge in [0, 0.05) is 48.5 Å². The molecule has 6 rings (SSSR count). The number of methoxy groups -OCH3 is 1. The highest BCUT2D eigenvalue weighted by atomic mass is 16.5. The topological polar surface area (TPSA) is 104 Å². The van der Waals surface area contributed by atoms with Crippen molar-refractivity contribution in [3.8, 4) is 11.5 Å². The number of ether oxygens (including phenoxy) is 1. The largest absolute Gasteiger partial charge is 0.508 e. The average Bonchev–Trinajstić information content (AvgIpc) is 3.54. The van der Waals surface area contributed by atoms with Gasteiger partial charge in [0.1, 0.15) is 23.1 Å². The summed E-state index contributed by atoms with van der Waals surface area (Å²) in [6, 6.07) is 11.7. The number of fused-ring (bicyclic) bond motifs is 4. The number of benzene rings is 2. The highest BCUT2D eigenvalue weighted by Gasteiger charge is 2.60. The van der Waals surface area contributed by atoms with E-state index in [4.69, 9.17) is 4.74 Å². The van der Waals surface area contributed by atoms with Crippen LogP contribution >= 0.6 is 0 Å². The summed E-state index contributed by atoms with van der Waals surface area (Å²) in [5.74, 6) is 0.594. The maximum absolute atomic E-state index is 13.8. The molecule has 2 aromatic heterocycles. The van der Waals surface area contributed by atoms with Crippen LogP contribution in [0.2, 0.25) is 0 Å². The Labute approximate surface area is 201 Å². The molecule has 0 radical (unpaired) electrons. The molecule has 2 N–H and O–H groups in total. The number of hydrogen-bond acceptors (Lipinski definition) is 5. The van der Waals surface area contributed by atoms with Gasteiger partial charge in [-0.2, -0.15) is 0 Å². The third kappa shape index (κ3) is 3.11. The highest BCUT2D eigenvalue weighted by Crippen LogP contribution is 2.49. The minimum Gasteiger partial charge on any atom is -0.508 e. The maximum Gasteiger partial charge on any atom is 0.328 e. The monoisotopic (exact) mass is 471 g/mol. The molecule has 2 unspecified atom stereocenters. The molecular formula is C26H25N5O4. The van der Waals surface area contributed by atoms with Gasteiger partial charge in [0.05, 0.1) is 13.4 Å². The molecule has 2 aliphatic heterocycles. The third-order valence-corrected chi connectivity index (χ3v) is 7.20.